The summed E-state index contributed by atoms with van der Waals surface area (Å²) in [6.07, 6.45) is 0. The van der Waals surface area contributed by atoms with Gasteiger partial charge in [0.2, 0.25) is 0 Å². The fourth-order valence-corrected chi connectivity index (χ4v) is 2.72. The predicted octanol–water partition coefficient (Wildman–Crippen LogP) is 4.44. The van der Waals surface area contributed by atoms with Gasteiger partial charge in [0, 0.05) is 22.3 Å². The van der Waals surface area contributed by atoms with Crippen molar-refractivity contribution in [1.82, 2.24) is 4.98 Å². The maximum atomic E-state index is 5.81. The number of hydrogen-bond acceptors (Lipinski definition) is 4. The third-order valence-corrected chi connectivity index (χ3v) is 3.83. The Kier molecular flexibility index (Phi) is 3.39. The van der Waals surface area contributed by atoms with Crippen LogP contribution in [-0.4, -0.2) is 4.98 Å². The normalized spacial score (nSPS) is 10.4. The highest BCUT2D eigenvalue weighted by molar-refractivity contribution is 7.14. The Bertz CT molecular complexity index is 734. The van der Waals surface area contributed by atoms with Crippen LogP contribution in [0.25, 0.3) is 11.3 Å². The van der Waals surface area contributed by atoms with Crippen LogP contribution in [0.3, 0.4) is 0 Å². The van der Waals surface area contributed by atoms with Gasteiger partial charge in [-0.1, -0.05) is 30.3 Å². The van der Waals surface area contributed by atoms with Crippen LogP contribution in [0.4, 0.5) is 16.5 Å². The molecule has 1 heterocycles. The number of thiazole rings is 1. The van der Waals surface area contributed by atoms with Crippen molar-refractivity contribution in [1.29, 1.82) is 0 Å². The first kappa shape index (κ1) is 12.7. The van der Waals surface area contributed by atoms with Gasteiger partial charge in [0.25, 0.3) is 0 Å². The summed E-state index contributed by atoms with van der Waals surface area (Å²) < 4.78 is 0. The van der Waals surface area contributed by atoms with Gasteiger partial charge in [-0.05, 0) is 30.7 Å². The van der Waals surface area contributed by atoms with Crippen molar-refractivity contribution in [2.24, 2.45) is 0 Å². The molecule has 0 fully saturated rings. The van der Waals surface area contributed by atoms with Gasteiger partial charge in [-0.15, -0.1) is 11.3 Å². The lowest BCUT2D eigenvalue weighted by molar-refractivity contribution is 1.36. The van der Waals surface area contributed by atoms with Gasteiger partial charge < -0.3 is 11.1 Å². The summed E-state index contributed by atoms with van der Waals surface area (Å²) in [6.45, 7) is 2.08. The fraction of sp³-hybridized carbons (Fsp3) is 0.0625. The van der Waals surface area contributed by atoms with E-state index in [-0.39, 0.29) is 0 Å². The second-order valence-electron chi connectivity index (χ2n) is 4.60. The Morgan fingerprint density at radius 3 is 2.75 bits per heavy atom. The molecule has 0 amide bonds. The van der Waals surface area contributed by atoms with Crippen molar-refractivity contribution in [3.8, 4) is 11.3 Å². The molecule has 3 aromatic rings. The van der Waals surface area contributed by atoms with Gasteiger partial charge in [0.05, 0.1) is 5.69 Å². The van der Waals surface area contributed by atoms with Crippen molar-refractivity contribution in [3.05, 3.63) is 59.5 Å². The first-order chi connectivity index (χ1) is 9.72. The molecule has 0 aliphatic rings. The first-order valence-electron chi connectivity index (χ1n) is 6.36. The van der Waals surface area contributed by atoms with Crippen LogP contribution in [0.2, 0.25) is 0 Å². The van der Waals surface area contributed by atoms with E-state index in [0.29, 0.717) is 0 Å². The molecule has 0 atom stereocenters. The minimum Gasteiger partial charge on any atom is -0.399 e. The second kappa shape index (κ2) is 5.35. The molecular formula is C16H15N3S. The molecule has 0 radical (unpaired) electrons. The molecule has 4 heteroatoms. The van der Waals surface area contributed by atoms with E-state index >= 15 is 0 Å². The highest BCUT2D eigenvalue weighted by atomic mass is 32.1. The van der Waals surface area contributed by atoms with Crippen LogP contribution in [0.15, 0.2) is 53.9 Å². The summed E-state index contributed by atoms with van der Waals surface area (Å²) in [5, 5.41) is 6.28. The van der Waals surface area contributed by atoms with Crippen molar-refractivity contribution >= 4 is 27.8 Å². The average molecular weight is 281 g/mol. The zero-order valence-electron chi connectivity index (χ0n) is 11.1. The molecule has 3 nitrogen and oxygen atoms in total. The molecule has 3 N–H and O–H groups in total. The number of nitrogens with one attached hydrogen (secondary N) is 1. The summed E-state index contributed by atoms with van der Waals surface area (Å²) in [6, 6.07) is 15.9. The van der Waals surface area contributed by atoms with Crippen molar-refractivity contribution in [2.45, 2.75) is 6.92 Å². The number of aryl methyl sites for hydroxylation is 1. The van der Waals surface area contributed by atoms with E-state index in [0.717, 1.165) is 27.8 Å². The lowest BCUT2D eigenvalue weighted by Gasteiger charge is -2.05. The van der Waals surface area contributed by atoms with E-state index < -0.39 is 0 Å². The van der Waals surface area contributed by atoms with Gasteiger partial charge in [-0.2, -0.15) is 0 Å². The number of nitrogens with zero attached hydrogens (tertiary/aromatic N) is 1. The molecule has 2 aromatic carbocycles. The van der Waals surface area contributed by atoms with Crippen molar-refractivity contribution in [2.75, 3.05) is 11.1 Å². The van der Waals surface area contributed by atoms with Gasteiger partial charge in [0.15, 0.2) is 5.13 Å². The molecular weight excluding hydrogens is 266 g/mol. The van der Waals surface area contributed by atoms with E-state index in [1.54, 1.807) is 11.3 Å². The lowest BCUT2D eigenvalue weighted by atomic mass is 10.1. The summed E-state index contributed by atoms with van der Waals surface area (Å²) >= 11 is 1.59. The molecule has 0 spiro atoms. The van der Waals surface area contributed by atoms with Gasteiger partial charge >= 0.3 is 0 Å². The molecule has 0 saturated carbocycles. The van der Waals surface area contributed by atoms with E-state index in [9.17, 15) is 0 Å². The average Bonchev–Trinajstić information content (AvgIpc) is 2.90. The van der Waals surface area contributed by atoms with Gasteiger partial charge in [-0.3, -0.25) is 0 Å². The molecule has 0 aliphatic carbocycles. The Hall–Kier alpha value is -2.33. The van der Waals surface area contributed by atoms with E-state index in [4.69, 9.17) is 5.73 Å². The number of nitrogens with two attached hydrogens (primary N) is 1. The van der Waals surface area contributed by atoms with Crippen LogP contribution in [0.1, 0.15) is 5.56 Å². The monoisotopic (exact) mass is 281 g/mol. The highest BCUT2D eigenvalue weighted by Gasteiger charge is 2.06. The molecule has 1 aromatic heterocycles. The predicted molar refractivity (Wildman–Crippen MR) is 86.4 cm³/mol. The number of para-hydroxylation sites is 1. The largest absolute Gasteiger partial charge is 0.399 e. The SMILES string of the molecule is Cc1ccccc1Nc1nc(-c2cccc(N)c2)cs1. The Labute approximate surface area is 122 Å². The summed E-state index contributed by atoms with van der Waals surface area (Å²) in [5.74, 6) is 0. The van der Waals surface area contributed by atoms with E-state index in [2.05, 4.69) is 29.4 Å². The molecule has 0 bridgehead atoms. The van der Waals surface area contributed by atoms with E-state index in [1.165, 1.54) is 5.56 Å². The zero-order valence-corrected chi connectivity index (χ0v) is 11.9. The lowest BCUT2D eigenvalue weighted by Crippen LogP contribution is -1.92. The number of benzene rings is 2. The maximum Gasteiger partial charge on any atom is 0.187 e. The van der Waals surface area contributed by atoms with Crippen LogP contribution in [0, 0.1) is 6.92 Å². The third-order valence-electron chi connectivity index (χ3n) is 3.07. The zero-order chi connectivity index (χ0) is 13.9. The molecule has 0 unspecified atom stereocenters. The molecule has 0 saturated heterocycles. The molecule has 0 aliphatic heterocycles. The summed E-state index contributed by atoms with van der Waals surface area (Å²) in [7, 11) is 0. The molecule has 100 valence electrons. The first-order valence-corrected chi connectivity index (χ1v) is 7.24. The minimum atomic E-state index is 0.754. The van der Waals surface area contributed by atoms with Crippen LogP contribution >= 0.6 is 11.3 Å². The van der Waals surface area contributed by atoms with Crippen LogP contribution in [-0.2, 0) is 0 Å². The molecule has 3 rings (SSSR count). The Balaban J connectivity index is 1.86. The number of aromatic nitrogens is 1. The fourth-order valence-electron chi connectivity index (χ4n) is 1.99. The number of rotatable bonds is 3. The van der Waals surface area contributed by atoms with Crippen LogP contribution in [0.5, 0.6) is 0 Å². The standard InChI is InChI=1S/C16H15N3S/c1-11-5-2-3-8-14(11)18-16-19-15(10-20-16)12-6-4-7-13(17)9-12/h2-10H,17H2,1H3,(H,18,19). The maximum absolute atomic E-state index is 5.81. The van der Waals surface area contributed by atoms with Crippen molar-refractivity contribution in [3.63, 3.8) is 0 Å². The van der Waals surface area contributed by atoms with Crippen LogP contribution < -0.4 is 11.1 Å². The smallest absolute Gasteiger partial charge is 0.187 e. The van der Waals surface area contributed by atoms with Crippen molar-refractivity contribution < 1.29 is 0 Å². The molecule has 20 heavy (non-hydrogen) atoms. The number of hydrogen-bond donors (Lipinski definition) is 2. The quantitative estimate of drug-likeness (QED) is 0.698. The summed E-state index contributed by atoms with van der Waals surface area (Å²) in [5.41, 5.74) is 10.8. The second-order valence-corrected chi connectivity index (χ2v) is 5.46. The number of anilines is 3. The minimum absolute atomic E-state index is 0.754. The highest BCUT2D eigenvalue weighted by Crippen LogP contribution is 2.28. The van der Waals surface area contributed by atoms with Gasteiger partial charge in [-0.25, -0.2) is 4.98 Å². The topological polar surface area (TPSA) is 50.9 Å². The van der Waals surface area contributed by atoms with Gasteiger partial charge in [0.1, 0.15) is 0 Å². The summed E-state index contributed by atoms with van der Waals surface area (Å²) in [4.78, 5) is 4.61. The third kappa shape index (κ3) is 2.65. The Morgan fingerprint density at radius 1 is 1.10 bits per heavy atom. The Morgan fingerprint density at radius 2 is 1.95 bits per heavy atom. The van der Waals surface area contributed by atoms with E-state index in [1.807, 2.05) is 41.8 Å². The number of nitrogen functional groups attached to an aromatic ring is 1.